The molecule has 5 nitrogen and oxygen atoms in total. The number of fused-ring (bicyclic) bond motifs is 2. The maximum Gasteiger partial charge on any atom is 0.231 e. The minimum absolute atomic E-state index is 0.0211. The highest BCUT2D eigenvalue weighted by Gasteiger charge is 2.21. The summed E-state index contributed by atoms with van der Waals surface area (Å²) in [5.74, 6) is 0.633. The number of benzene rings is 2. The summed E-state index contributed by atoms with van der Waals surface area (Å²) in [4.78, 5) is 16.2. The molecule has 0 unspecified atom stereocenters. The highest BCUT2D eigenvalue weighted by atomic mass is 35.5. The van der Waals surface area contributed by atoms with Crippen LogP contribution in [0, 0.1) is 18.3 Å². The van der Waals surface area contributed by atoms with Gasteiger partial charge in [-0.3, -0.25) is 4.79 Å². The van der Waals surface area contributed by atoms with Crippen LogP contribution < -0.4 is 9.47 Å². The number of aromatic amines is 1. The smallest absolute Gasteiger partial charge is 0.231 e. The van der Waals surface area contributed by atoms with Gasteiger partial charge in [0, 0.05) is 16.6 Å². The third-order valence-corrected chi connectivity index (χ3v) is 4.53. The number of allylic oxidation sites excluding steroid dienone is 1. The lowest BCUT2D eigenvalue weighted by atomic mass is 9.99. The molecule has 0 radical (unpaired) electrons. The van der Waals surface area contributed by atoms with Crippen LogP contribution in [0.3, 0.4) is 0 Å². The third-order valence-electron chi connectivity index (χ3n) is 4.25. The maximum absolute atomic E-state index is 13.0. The number of hydrogen-bond acceptors (Lipinski definition) is 4. The molecule has 128 valence electrons. The Hall–Kier alpha value is -3.23. The molecule has 1 N–H and O–H groups in total. The number of nitriles is 1. The molecule has 4 rings (SSSR count). The zero-order chi connectivity index (χ0) is 18.3. The first-order chi connectivity index (χ1) is 12.6. The third kappa shape index (κ3) is 2.61. The van der Waals surface area contributed by atoms with E-state index in [0.29, 0.717) is 27.6 Å². The zero-order valence-corrected chi connectivity index (χ0v) is 14.6. The molecule has 0 saturated heterocycles. The van der Waals surface area contributed by atoms with Crippen LogP contribution in [-0.2, 0) is 0 Å². The lowest BCUT2D eigenvalue weighted by Gasteiger charge is -2.03. The fourth-order valence-corrected chi connectivity index (χ4v) is 3.36. The lowest BCUT2D eigenvalue weighted by Crippen LogP contribution is -2.03. The summed E-state index contributed by atoms with van der Waals surface area (Å²) >= 11 is 6.18. The molecule has 0 atom stereocenters. The van der Waals surface area contributed by atoms with Crippen LogP contribution in [0.15, 0.2) is 42.0 Å². The summed E-state index contributed by atoms with van der Waals surface area (Å²) < 4.78 is 10.6. The van der Waals surface area contributed by atoms with E-state index in [4.69, 9.17) is 21.1 Å². The summed E-state index contributed by atoms with van der Waals surface area (Å²) in [6.07, 6.45) is 1.51. The summed E-state index contributed by atoms with van der Waals surface area (Å²) in [6.45, 7) is 1.92. The van der Waals surface area contributed by atoms with Gasteiger partial charge in [0.15, 0.2) is 11.5 Å². The second-order valence-electron chi connectivity index (χ2n) is 5.91. The Balaban J connectivity index is 1.79. The van der Waals surface area contributed by atoms with Crippen molar-refractivity contribution >= 4 is 34.4 Å². The van der Waals surface area contributed by atoms with Crippen molar-refractivity contribution in [1.82, 2.24) is 4.98 Å². The van der Waals surface area contributed by atoms with Crippen molar-refractivity contribution in [1.29, 1.82) is 5.26 Å². The van der Waals surface area contributed by atoms with E-state index in [1.807, 2.05) is 37.3 Å². The van der Waals surface area contributed by atoms with Gasteiger partial charge < -0.3 is 14.5 Å². The molecule has 0 aliphatic carbocycles. The number of H-pyrrole nitrogens is 1. The minimum Gasteiger partial charge on any atom is -0.454 e. The molecule has 26 heavy (non-hydrogen) atoms. The van der Waals surface area contributed by atoms with Gasteiger partial charge in [-0.15, -0.1) is 0 Å². The molecule has 6 heteroatoms. The minimum atomic E-state index is -0.337. The predicted octanol–water partition coefficient (Wildman–Crippen LogP) is 4.65. The number of rotatable bonds is 3. The van der Waals surface area contributed by atoms with Crippen LogP contribution in [-0.4, -0.2) is 17.6 Å². The second kappa shape index (κ2) is 6.25. The Morgan fingerprint density at radius 2 is 2.12 bits per heavy atom. The van der Waals surface area contributed by atoms with Gasteiger partial charge in [-0.2, -0.15) is 5.26 Å². The highest BCUT2D eigenvalue weighted by Crippen LogP contribution is 2.40. The largest absolute Gasteiger partial charge is 0.454 e. The molecule has 2 aromatic carbocycles. The number of ketones is 1. The molecule has 0 amide bonds. The fraction of sp³-hybridized carbons (Fsp3) is 0.100. The van der Waals surface area contributed by atoms with E-state index < -0.39 is 0 Å². The molecule has 1 aliphatic rings. The van der Waals surface area contributed by atoms with E-state index in [2.05, 4.69) is 4.98 Å². The fourth-order valence-electron chi connectivity index (χ4n) is 3.09. The Morgan fingerprint density at radius 3 is 2.92 bits per heavy atom. The SMILES string of the molecule is Cc1[nH]c2ccccc2c1C(=O)/C(C#N)=C/c1cc(Cl)c2c(c1)OCO2. The number of carbonyl (C=O) groups is 1. The number of nitrogens with zero attached hydrogens (tertiary/aromatic N) is 1. The van der Waals surface area contributed by atoms with Gasteiger partial charge >= 0.3 is 0 Å². The monoisotopic (exact) mass is 364 g/mol. The topological polar surface area (TPSA) is 75.1 Å². The van der Waals surface area contributed by atoms with Crippen molar-refractivity contribution in [3.05, 3.63) is 63.8 Å². The van der Waals surface area contributed by atoms with Crippen LogP contribution in [0.25, 0.3) is 17.0 Å². The van der Waals surface area contributed by atoms with Crippen molar-refractivity contribution in [3.8, 4) is 17.6 Å². The Morgan fingerprint density at radius 1 is 1.31 bits per heavy atom. The Bertz CT molecular complexity index is 1120. The number of aromatic nitrogens is 1. The number of halogens is 1. The average molecular weight is 365 g/mol. The summed E-state index contributed by atoms with van der Waals surface area (Å²) in [5.41, 5.74) is 2.70. The van der Waals surface area contributed by atoms with Gasteiger partial charge in [-0.05, 0) is 36.8 Å². The Kier molecular flexibility index (Phi) is 3.90. The molecule has 1 aliphatic heterocycles. The quantitative estimate of drug-likeness (QED) is 0.417. The standard InChI is InChI=1S/C20H13ClN2O3/c1-11-18(14-4-2-3-5-16(14)23-11)19(24)13(9-22)6-12-7-15(21)20-17(8-12)25-10-26-20/h2-8,23H,10H2,1H3/b13-6+. The first-order valence-electron chi connectivity index (χ1n) is 7.91. The van der Waals surface area contributed by atoms with E-state index in [0.717, 1.165) is 16.6 Å². The molecule has 0 bridgehead atoms. The highest BCUT2D eigenvalue weighted by molar-refractivity contribution is 6.32. The number of para-hydroxylation sites is 1. The summed E-state index contributed by atoms with van der Waals surface area (Å²) in [6, 6.07) is 12.8. The van der Waals surface area contributed by atoms with Crippen LogP contribution in [0.4, 0.5) is 0 Å². The van der Waals surface area contributed by atoms with E-state index in [1.165, 1.54) is 6.08 Å². The first kappa shape index (κ1) is 16.2. The summed E-state index contributed by atoms with van der Waals surface area (Å²) in [7, 11) is 0. The Labute approximate surface area is 154 Å². The number of carbonyl (C=O) groups excluding carboxylic acids is 1. The van der Waals surface area contributed by atoms with Gasteiger partial charge in [0.2, 0.25) is 12.6 Å². The molecule has 0 fully saturated rings. The van der Waals surface area contributed by atoms with Crippen molar-refractivity contribution in [2.45, 2.75) is 6.92 Å². The number of hydrogen-bond donors (Lipinski definition) is 1. The van der Waals surface area contributed by atoms with Crippen molar-refractivity contribution in [2.75, 3.05) is 6.79 Å². The van der Waals surface area contributed by atoms with Crippen molar-refractivity contribution in [2.24, 2.45) is 0 Å². The van der Waals surface area contributed by atoms with Crippen LogP contribution in [0.1, 0.15) is 21.6 Å². The number of aryl methyl sites for hydroxylation is 1. The van der Waals surface area contributed by atoms with E-state index in [9.17, 15) is 10.1 Å². The molecule has 1 aromatic heterocycles. The van der Waals surface area contributed by atoms with Gasteiger partial charge in [0.05, 0.1) is 10.6 Å². The number of ether oxygens (including phenoxy) is 2. The van der Waals surface area contributed by atoms with Gasteiger partial charge in [-0.25, -0.2) is 0 Å². The second-order valence-corrected chi connectivity index (χ2v) is 6.31. The molecule has 0 saturated carbocycles. The van der Waals surface area contributed by atoms with Gasteiger partial charge in [0.1, 0.15) is 11.6 Å². The van der Waals surface area contributed by atoms with E-state index in [-0.39, 0.29) is 18.1 Å². The van der Waals surface area contributed by atoms with Crippen LogP contribution >= 0.6 is 11.6 Å². The molecular formula is C20H13ClN2O3. The normalized spacial score (nSPS) is 13.0. The lowest BCUT2D eigenvalue weighted by molar-refractivity contribution is 0.104. The molecule has 3 aromatic rings. The number of Topliss-reactive ketones (excluding diaryl/α,β-unsaturated/α-hetero) is 1. The van der Waals surface area contributed by atoms with Crippen molar-refractivity contribution < 1.29 is 14.3 Å². The van der Waals surface area contributed by atoms with E-state index >= 15 is 0 Å². The van der Waals surface area contributed by atoms with E-state index in [1.54, 1.807) is 12.1 Å². The molecule has 2 heterocycles. The van der Waals surface area contributed by atoms with Gasteiger partial charge in [-0.1, -0.05) is 29.8 Å². The van der Waals surface area contributed by atoms with Crippen LogP contribution in [0.5, 0.6) is 11.5 Å². The number of nitrogens with one attached hydrogen (secondary N) is 1. The van der Waals surface area contributed by atoms with Crippen molar-refractivity contribution in [3.63, 3.8) is 0 Å². The maximum atomic E-state index is 13.0. The average Bonchev–Trinajstić information content (AvgIpc) is 3.22. The summed E-state index contributed by atoms with van der Waals surface area (Å²) in [5, 5.41) is 10.7. The van der Waals surface area contributed by atoms with Crippen LogP contribution in [0.2, 0.25) is 5.02 Å². The zero-order valence-electron chi connectivity index (χ0n) is 13.8. The molecule has 0 spiro atoms. The molecular weight excluding hydrogens is 352 g/mol. The predicted molar refractivity (Wildman–Crippen MR) is 98.5 cm³/mol. The first-order valence-corrected chi connectivity index (χ1v) is 8.29. The van der Waals surface area contributed by atoms with Gasteiger partial charge in [0.25, 0.3) is 0 Å².